The minimum Gasteiger partial charge on any atom is -0.506 e. The Balaban J connectivity index is 2.11. The van der Waals surface area contributed by atoms with Crippen molar-refractivity contribution in [2.75, 3.05) is 13.6 Å². The zero-order valence-corrected chi connectivity index (χ0v) is 14.5. The number of phenols is 1. The molecule has 0 unspecified atom stereocenters. The lowest BCUT2D eigenvalue weighted by Crippen LogP contribution is -2.21. The van der Waals surface area contributed by atoms with Gasteiger partial charge in [-0.1, -0.05) is 42.8 Å². The molecule has 2 aromatic rings. The van der Waals surface area contributed by atoms with Crippen LogP contribution in [-0.2, 0) is 12.8 Å². The Kier molecular flexibility index (Phi) is 4.93. The van der Waals surface area contributed by atoms with Crippen molar-refractivity contribution in [3.63, 3.8) is 0 Å². The summed E-state index contributed by atoms with van der Waals surface area (Å²) in [7, 11) is 1.96. The molecule has 122 valence electrons. The third-order valence-corrected chi connectivity index (χ3v) is 5.32. The molecular weight excluding hydrogens is 306 g/mol. The average Bonchev–Trinajstić information content (AvgIpc) is 2.56. The van der Waals surface area contributed by atoms with Crippen molar-refractivity contribution in [1.82, 2.24) is 5.32 Å². The van der Waals surface area contributed by atoms with Gasteiger partial charge < -0.3 is 10.4 Å². The van der Waals surface area contributed by atoms with Gasteiger partial charge >= 0.3 is 0 Å². The zero-order valence-electron chi connectivity index (χ0n) is 13.8. The van der Waals surface area contributed by atoms with E-state index in [1.165, 1.54) is 28.7 Å². The minimum absolute atomic E-state index is 0.185. The first-order chi connectivity index (χ1) is 11.1. The summed E-state index contributed by atoms with van der Waals surface area (Å²) in [6.45, 7) is 3.21. The number of nitrogens with one attached hydrogen (secondary N) is 1. The van der Waals surface area contributed by atoms with Crippen LogP contribution in [-0.4, -0.2) is 18.7 Å². The molecule has 0 saturated carbocycles. The van der Waals surface area contributed by atoms with Crippen LogP contribution in [0.2, 0.25) is 5.02 Å². The van der Waals surface area contributed by atoms with Crippen LogP contribution in [0.1, 0.15) is 41.5 Å². The van der Waals surface area contributed by atoms with Crippen molar-refractivity contribution >= 4 is 11.6 Å². The highest BCUT2D eigenvalue weighted by Crippen LogP contribution is 2.43. The maximum absolute atomic E-state index is 10.2. The van der Waals surface area contributed by atoms with Crippen LogP contribution in [0.3, 0.4) is 0 Å². The Hall–Kier alpha value is -1.51. The molecule has 0 heterocycles. The molecule has 0 aliphatic heterocycles. The van der Waals surface area contributed by atoms with Crippen molar-refractivity contribution < 1.29 is 5.11 Å². The lowest BCUT2D eigenvalue weighted by molar-refractivity contribution is 0.438. The molecule has 2 nitrogen and oxygen atoms in total. The van der Waals surface area contributed by atoms with Gasteiger partial charge in [-0.05, 0) is 73.2 Å². The standard InChI is InChI=1S/C20H24ClNO/c1-13-7-8-14-5-3-4-6-16(14)20(13)17-12-19(23)18(21)11-15(17)9-10-22-2/h3-6,11-13,20,22-23H,7-10H2,1-2H3/t13-,20+/m0/s1. The summed E-state index contributed by atoms with van der Waals surface area (Å²) in [5.74, 6) is 1.07. The first-order valence-corrected chi connectivity index (χ1v) is 8.73. The smallest absolute Gasteiger partial charge is 0.134 e. The average molecular weight is 330 g/mol. The van der Waals surface area contributed by atoms with Crippen LogP contribution in [0, 0.1) is 5.92 Å². The summed E-state index contributed by atoms with van der Waals surface area (Å²) in [5.41, 5.74) is 5.29. The molecule has 0 fully saturated rings. The van der Waals surface area contributed by atoms with Crippen LogP contribution >= 0.6 is 11.6 Å². The molecule has 0 spiro atoms. The van der Waals surface area contributed by atoms with Crippen LogP contribution in [0.25, 0.3) is 0 Å². The van der Waals surface area contributed by atoms with Gasteiger partial charge in [-0.25, -0.2) is 0 Å². The largest absolute Gasteiger partial charge is 0.506 e. The maximum atomic E-state index is 10.2. The molecule has 2 aromatic carbocycles. The molecule has 0 saturated heterocycles. The summed E-state index contributed by atoms with van der Waals surface area (Å²) < 4.78 is 0. The molecule has 3 rings (SSSR count). The number of hydrogen-bond donors (Lipinski definition) is 2. The van der Waals surface area contributed by atoms with Gasteiger partial charge in [-0.2, -0.15) is 0 Å². The fraction of sp³-hybridized carbons (Fsp3) is 0.400. The number of rotatable bonds is 4. The topological polar surface area (TPSA) is 32.3 Å². The first-order valence-electron chi connectivity index (χ1n) is 8.35. The third kappa shape index (κ3) is 3.24. The predicted octanol–water partition coefficient (Wildman–Crippen LogP) is 4.52. The van der Waals surface area contributed by atoms with Crippen molar-refractivity contribution in [1.29, 1.82) is 0 Å². The van der Waals surface area contributed by atoms with E-state index in [1.807, 2.05) is 19.2 Å². The fourth-order valence-electron chi connectivity index (χ4n) is 3.78. The Morgan fingerprint density at radius 2 is 2.00 bits per heavy atom. The quantitative estimate of drug-likeness (QED) is 0.864. The van der Waals surface area contributed by atoms with E-state index in [0.717, 1.165) is 19.4 Å². The van der Waals surface area contributed by atoms with Gasteiger partial charge in [-0.15, -0.1) is 0 Å². The summed E-state index contributed by atoms with van der Waals surface area (Å²) >= 11 is 6.17. The summed E-state index contributed by atoms with van der Waals surface area (Å²) in [6, 6.07) is 12.5. The Bertz CT molecular complexity index is 698. The molecule has 2 atom stereocenters. The van der Waals surface area contributed by atoms with E-state index in [2.05, 4.69) is 36.5 Å². The van der Waals surface area contributed by atoms with Crippen LogP contribution in [0.15, 0.2) is 36.4 Å². The number of aromatic hydroxyl groups is 1. The Morgan fingerprint density at radius 1 is 1.22 bits per heavy atom. The Morgan fingerprint density at radius 3 is 2.78 bits per heavy atom. The predicted molar refractivity (Wildman–Crippen MR) is 96.5 cm³/mol. The molecular formula is C20H24ClNO. The second-order valence-electron chi connectivity index (χ2n) is 6.55. The summed E-state index contributed by atoms with van der Waals surface area (Å²) in [6.07, 6.45) is 3.23. The highest BCUT2D eigenvalue weighted by atomic mass is 35.5. The number of hydrogen-bond acceptors (Lipinski definition) is 2. The van der Waals surface area contributed by atoms with Gasteiger partial charge in [0, 0.05) is 5.92 Å². The highest BCUT2D eigenvalue weighted by molar-refractivity contribution is 6.32. The second-order valence-corrected chi connectivity index (χ2v) is 6.96. The van der Waals surface area contributed by atoms with Gasteiger partial charge in [-0.3, -0.25) is 0 Å². The van der Waals surface area contributed by atoms with E-state index in [9.17, 15) is 5.11 Å². The SMILES string of the molecule is CNCCc1cc(Cl)c(O)cc1[C@H]1c2ccccc2CC[C@@H]1C. The normalized spacial score (nSPS) is 20.3. The van der Waals surface area contributed by atoms with E-state index in [-0.39, 0.29) is 5.75 Å². The second kappa shape index (κ2) is 6.94. The van der Waals surface area contributed by atoms with Crippen molar-refractivity contribution in [2.24, 2.45) is 5.92 Å². The first kappa shape index (κ1) is 16.4. The number of phenolic OH excluding ortho intramolecular Hbond substituents is 1. The third-order valence-electron chi connectivity index (χ3n) is 5.02. The van der Waals surface area contributed by atoms with E-state index < -0.39 is 0 Å². The molecule has 0 bridgehead atoms. The summed E-state index contributed by atoms with van der Waals surface area (Å²) in [4.78, 5) is 0. The van der Waals surface area contributed by atoms with Gasteiger partial charge in [0.05, 0.1) is 5.02 Å². The fourth-order valence-corrected chi connectivity index (χ4v) is 3.97. The molecule has 3 heteroatoms. The van der Waals surface area contributed by atoms with Crippen LogP contribution in [0.4, 0.5) is 0 Å². The molecule has 0 amide bonds. The summed E-state index contributed by atoms with van der Waals surface area (Å²) in [5, 5.41) is 13.8. The van der Waals surface area contributed by atoms with Gasteiger partial charge in [0.1, 0.15) is 5.75 Å². The van der Waals surface area contributed by atoms with E-state index in [1.54, 1.807) is 0 Å². The monoisotopic (exact) mass is 329 g/mol. The van der Waals surface area contributed by atoms with Crippen molar-refractivity contribution in [3.05, 3.63) is 63.7 Å². The zero-order chi connectivity index (χ0) is 16.4. The van der Waals surface area contributed by atoms with E-state index in [4.69, 9.17) is 11.6 Å². The molecule has 0 radical (unpaired) electrons. The molecule has 1 aliphatic rings. The lowest BCUT2D eigenvalue weighted by atomic mass is 9.71. The number of fused-ring (bicyclic) bond motifs is 1. The maximum Gasteiger partial charge on any atom is 0.134 e. The van der Waals surface area contributed by atoms with Gasteiger partial charge in [0.15, 0.2) is 0 Å². The molecule has 1 aliphatic carbocycles. The van der Waals surface area contributed by atoms with Crippen molar-refractivity contribution in [3.8, 4) is 5.75 Å². The van der Waals surface area contributed by atoms with E-state index in [0.29, 0.717) is 16.9 Å². The van der Waals surface area contributed by atoms with Crippen molar-refractivity contribution in [2.45, 2.75) is 32.1 Å². The Labute approximate surface area is 143 Å². The molecule has 23 heavy (non-hydrogen) atoms. The number of halogens is 1. The lowest BCUT2D eigenvalue weighted by Gasteiger charge is -2.33. The molecule has 2 N–H and O–H groups in total. The minimum atomic E-state index is 0.185. The number of aryl methyl sites for hydroxylation is 1. The van der Waals surface area contributed by atoms with E-state index >= 15 is 0 Å². The van der Waals surface area contributed by atoms with Crippen LogP contribution in [0.5, 0.6) is 5.75 Å². The number of likely N-dealkylation sites (N-methyl/N-ethyl adjacent to an activating group) is 1. The highest BCUT2D eigenvalue weighted by Gasteiger charge is 2.29. The van der Waals surface area contributed by atoms with Gasteiger partial charge in [0.2, 0.25) is 0 Å². The van der Waals surface area contributed by atoms with Gasteiger partial charge in [0.25, 0.3) is 0 Å². The number of benzene rings is 2. The van der Waals surface area contributed by atoms with Crippen LogP contribution < -0.4 is 5.32 Å². The molecule has 0 aromatic heterocycles.